The molecule has 2 atom stereocenters. The van der Waals surface area contributed by atoms with Crippen LogP contribution >= 0.6 is 0 Å². The van der Waals surface area contributed by atoms with Crippen LogP contribution in [0.15, 0.2) is 24.4 Å². The van der Waals surface area contributed by atoms with Gasteiger partial charge in [-0.05, 0) is 61.6 Å². The predicted molar refractivity (Wildman–Crippen MR) is 122 cm³/mol. The Labute approximate surface area is 192 Å². The van der Waals surface area contributed by atoms with E-state index in [1.807, 2.05) is 0 Å². The molecule has 1 unspecified atom stereocenters. The minimum absolute atomic E-state index is 0.0230. The molecule has 5 rings (SSSR count). The molecule has 0 radical (unpaired) electrons. The normalized spacial score (nSPS) is 26.0. The van der Waals surface area contributed by atoms with Gasteiger partial charge in [0.25, 0.3) is 5.91 Å². The van der Waals surface area contributed by atoms with E-state index in [0.717, 1.165) is 37.8 Å². The summed E-state index contributed by atoms with van der Waals surface area (Å²) < 4.78 is 19.1. The van der Waals surface area contributed by atoms with Gasteiger partial charge in [0, 0.05) is 31.9 Å². The number of methoxy groups -OCH3 is 1. The maximum atomic E-state index is 14.1. The Bertz CT molecular complexity index is 1020. The molecule has 1 saturated heterocycles. The first kappa shape index (κ1) is 21.9. The molecule has 1 aromatic carbocycles. The van der Waals surface area contributed by atoms with Crippen molar-refractivity contribution in [2.24, 2.45) is 11.8 Å². The van der Waals surface area contributed by atoms with Gasteiger partial charge in [-0.2, -0.15) is 4.98 Å². The molecule has 3 N–H and O–H groups in total. The molecule has 3 fully saturated rings. The highest BCUT2D eigenvalue weighted by Gasteiger charge is 2.46. The number of aromatic nitrogens is 2. The van der Waals surface area contributed by atoms with E-state index < -0.39 is 5.82 Å². The Morgan fingerprint density at radius 1 is 1.24 bits per heavy atom. The van der Waals surface area contributed by atoms with Gasteiger partial charge in [-0.1, -0.05) is 6.07 Å². The second-order valence-electron chi connectivity index (χ2n) is 9.39. The lowest BCUT2D eigenvalue weighted by atomic mass is 9.93. The van der Waals surface area contributed by atoms with Crippen LogP contribution in [0, 0.1) is 17.7 Å². The number of rotatable bonds is 7. The summed E-state index contributed by atoms with van der Waals surface area (Å²) >= 11 is 0. The Hall–Kier alpha value is -2.94. The zero-order chi connectivity index (χ0) is 22.9. The number of aliphatic hydroxyl groups excluding tert-OH is 1. The van der Waals surface area contributed by atoms with E-state index in [4.69, 9.17) is 9.72 Å². The second-order valence-corrected chi connectivity index (χ2v) is 9.39. The minimum atomic E-state index is -0.436. The highest BCUT2D eigenvalue weighted by molar-refractivity contribution is 5.98. The van der Waals surface area contributed by atoms with Gasteiger partial charge in [-0.3, -0.25) is 4.79 Å². The van der Waals surface area contributed by atoms with Crippen molar-refractivity contribution in [2.45, 2.75) is 50.8 Å². The molecule has 2 saturated carbocycles. The molecular formula is C24H30FN5O3. The topological polar surface area (TPSA) is 99.6 Å². The van der Waals surface area contributed by atoms with Crippen LogP contribution in [0.4, 0.5) is 16.2 Å². The van der Waals surface area contributed by atoms with E-state index in [0.29, 0.717) is 42.3 Å². The summed E-state index contributed by atoms with van der Waals surface area (Å²) in [6.45, 7) is 2.20. The fraction of sp³-hybridized carbons (Fsp3) is 0.542. The quantitative estimate of drug-likeness (QED) is 0.590. The number of hydrogen-bond acceptors (Lipinski definition) is 7. The summed E-state index contributed by atoms with van der Waals surface area (Å²) in [5, 5.41) is 16.0. The van der Waals surface area contributed by atoms with Crippen molar-refractivity contribution in [1.29, 1.82) is 0 Å². The highest BCUT2D eigenvalue weighted by atomic mass is 19.1. The van der Waals surface area contributed by atoms with Gasteiger partial charge in [0.15, 0.2) is 11.6 Å². The maximum Gasteiger partial charge on any atom is 0.256 e. The van der Waals surface area contributed by atoms with Gasteiger partial charge in [0.05, 0.1) is 13.2 Å². The average molecular weight is 456 g/mol. The fourth-order valence-corrected chi connectivity index (χ4v) is 4.88. The van der Waals surface area contributed by atoms with Crippen molar-refractivity contribution < 1.29 is 19.0 Å². The van der Waals surface area contributed by atoms with E-state index in [-0.39, 0.29) is 23.8 Å². The second kappa shape index (κ2) is 9.13. The number of hydrogen-bond donors (Lipinski definition) is 3. The van der Waals surface area contributed by atoms with Gasteiger partial charge in [-0.15, -0.1) is 0 Å². The number of amides is 1. The van der Waals surface area contributed by atoms with Gasteiger partial charge < -0.3 is 25.4 Å². The van der Waals surface area contributed by atoms with Gasteiger partial charge in [0.1, 0.15) is 11.4 Å². The molecular weight excluding hydrogens is 425 g/mol. The number of halogens is 1. The largest absolute Gasteiger partial charge is 0.494 e. The number of aliphatic hydroxyl groups is 1. The van der Waals surface area contributed by atoms with Crippen LogP contribution in [0.2, 0.25) is 0 Å². The first-order valence-electron chi connectivity index (χ1n) is 11.7. The first-order chi connectivity index (χ1) is 16.0. The number of nitrogens with one attached hydrogen (secondary N) is 2. The summed E-state index contributed by atoms with van der Waals surface area (Å²) in [5.41, 5.74) is 1.08. The Morgan fingerprint density at radius 2 is 2.00 bits per heavy atom. The summed E-state index contributed by atoms with van der Waals surface area (Å²) in [6, 6.07) is 4.79. The third kappa shape index (κ3) is 4.88. The number of piperidine rings is 1. The summed E-state index contributed by atoms with van der Waals surface area (Å²) in [4.78, 5) is 24.4. The molecule has 2 aliphatic carbocycles. The number of benzene rings is 1. The third-order valence-corrected chi connectivity index (χ3v) is 6.99. The Balaban J connectivity index is 1.34. The molecule has 33 heavy (non-hydrogen) atoms. The zero-order valence-corrected chi connectivity index (χ0v) is 18.8. The Morgan fingerprint density at radius 3 is 2.70 bits per heavy atom. The van der Waals surface area contributed by atoms with E-state index in [1.165, 1.54) is 19.6 Å². The number of fused-ring (bicyclic) bond motifs is 1. The standard InChI is InChI=1S/C24H30FN5O3/c1-33-21-7-2-14(8-20(21)25)10-26-22-19(23(32)28-17-3-5-18(31)6-4-17)11-27-24(29-22)30-12-15-9-16(15)13-30/h2,7-8,11,15-18,31H,3-6,9-10,12-13H2,1H3,(H,28,32)(H,26,27,29)/t15-,16?,17-,18-/m1/s1. The fourth-order valence-electron chi connectivity index (χ4n) is 4.88. The molecule has 0 spiro atoms. The SMILES string of the molecule is COc1ccc(CNc2nc(N3CC4C[C@@H]4C3)ncc2C(=O)N[C@H]2CC[C@H](O)CC2)cc1F. The number of carbonyl (C=O) groups excluding carboxylic acids is 1. The van der Waals surface area contributed by atoms with Crippen molar-refractivity contribution >= 4 is 17.7 Å². The molecule has 9 heteroatoms. The smallest absolute Gasteiger partial charge is 0.256 e. The van der Waals surface area contributed by atoms with Crippen LogP contribution in [-0.2, 0) is 6.54 Å². The molecule has 2 heterocycles. The molecule has 8 nitrogen and oxygen atoms in total. The Kier molecular flexibility index (Phi) is 6.05. The molecule has 0 bridgehead atoms. The maximum absolute atomic E-state index is 14.1. The van der Waals surface area contributed by atoms with Crippen molar-refractivity contribution in [3.63, 3.8) is 0 Å². The third-order valence-electron chi connectivity index (χ3n) is 6.99. The lowest BCUT2D eigenvalue weighted by Crippen LogP contribution is -2.39. The van der Waals surface area contributed by atoms with Crippen molar-refractivity contribution in [1.82, 2.24) is 15.3 Å². The van der Waals surface area contributed by atoms with Crippen LogP contribution < -0.4 is 20.3 Å². The number of carbonyl (C=O) groups is 1. The van der Waals surface area contributed by atoms with Gasteiger partial charge >= 0.3 is 0 Å². The zero-order valence-electron chi connectivity index (χ0n) is 18.8. The minimum Gasteiger partial charge on any atom is -0.494 e. The van der Waals surface area contributed by atoms with Crippen molar-refractivity contribution in [3.8, 4) is 5.75 Å². The van der Waals surface area contributed by atoms with Crippen LogP contribution in [0.25, 0.3) is 0 Å². The van der Waals surface area contributed by atoms with E-state index >= 15 is 0 Å². The van der Waals surface area contributed by atoms with Gasteiger partial charge in [0.2, 0.25) is 5.95 Å². The molecule has 3 aliphatic rings. The first-order valence-corrected chi connectivity index (χ1v) is 11.7. The number of ether oxygens (including phenoxy) is 1. The summed E-state index contributed by atoms with van der Waals surface area (Å²) in [7, 11) is 1.43. The molecule has 2 aromatic rings. The lowest BCUT2D eigenvalue weighted by molar-refractivity contribution is 0.0867. The van der Waals surface area contributed by atoms with E-state index in [9.17, 15) is 14.3 Å². The number of anilines is 2. The van der Waals surface area contributed by atoms with Crippen molar-refractivity contribution in [3.05, 3.63) is 41.3 Å². The number of nitrogens with zero attached hydrogens (tertiary/aromatic N) is 3. The van der Waals surface area contributed by atoms with Crippen LogP contribution in [0.1, 0.15) is 48.0 Å². The highest BCUT2D eigenvalue weighted by Crippen LogP contribution is 2.45. The van der Waals surface area contributed by atoms with E-state index in [2.05, 4.69) is 20.5 Å². The van der Waals surface area contributed by atoms with Crippen LogP contribution in [-0.4, -0.2) is 53.3 Å². The lowest BCUT2D eigenvalue weighted by Gasteiger charge is -2.26. The average Bonchev–Trinajstić information content (AvgIpc) is 3.43. The van der Waals surface area contributed by atoms with Crippen molar-refractivity contribution in [2.75, 3.05) is 30.4 Å². The predicted octanol–water partition coefficient (Wildman–Crippen LogP) is 2.73. The van der Waals surface area contributed by atoms with Gasteiger partial charge in [-0.25, -0.2) is 9.37 Å². The molecule has 1 aromatic heterocycles. The van der Waals surface area contributed by atoms with Crippen LogP contribution in [0.3, 0.4) is 0 Å². The summed E-state index contributed by atoms with van der Waals surface area (Å²) in [6.07, 6.45) is 5.44. The van der Waals surface area contributed by atoms with E-state index in [1.54, 1.807) is 18.3 Å². The molecule has 1 amide bonds. The molecule has 1 aliphatic heterocycles. The summed E-state index contributed by atoms with van der Waals surface area (Å²) in [5.74, 6) is 2.03. The molecule has 176 valence electrons. The monoisotopic (exact) mass is 455 g/mol. The van der Waals surface area contributed by atoms with Crippen LogP contribution in [0.5, 0.6) is 5.75 Å².